The number of esters is 2. The quantitative estimate of drug-likeness (QED) is 0.0290. The second-order valence-electron chi connectivity index (χ2n) is 19.3. The van der Waals surface area contributed by atoms with Crippen molar-refractivity contribution in [3.8, 4) is 6.01 Å². The van der Waals surface area contributed by atoms with E-state index in [9.17, 15) is 32.8 Å². The van der Waals surface area contributed by atoms with Crippen LogP contribution in [0.25, 0.3) is 0 Å². The summed E-state index contributed by atoms with van der Waals surface area (Å²) >= 11 is -1.64. The van der Waals surface area contributed by atoms with Gasteiger partial charge in [-0.25, -0.2) is 4.98 Å². The molecule has 18 nitrogen and oxygen atoms in total. The van der Waals surface area contributed by atoms with E-state index in [0.717, 1.165) is 24.6 Å². The Kier molecular flexibility index (Phi) is 24.0. The normalized spacial score (nSPS) is 19.7. The van der Waals surface area contributed by atoms with E-state index in [1.54, 1.807) is 109 Å². The van der Waals surface area contributed by atoms with Gasteiger partial charge in [0.15, 0.2) is 0 Å². The minimum absolute atomic E-state index is 0. The third kappa shape index (κ3) is 19.6. The van der Waals surface area contributed by atoms with Crippen molar-refractivity contribution in [2.24, 2.45) is 0 Å². The molecule has 27 heteroatoms. The van der Waals surface area contributed by atoms with Crippen molar-refractivity contribution < 1.29 is 69.6 Å². The molecular weight excluding hydrogens is 1540 g/mol. The molecule has 2 fully saturated rings. The van der Waals surface area contributed by atoms with Gasteiger partial charge in [-0.2, -0.15) is 4.98 Å². The molecule has 0 bridgehead atoms. The number of nitrogens with two attached hydrogens (primary N) is 1. The summed E-state index contributed by atoms with van der Waals surface area (Å²) in [6.45, 7) is 12.0. The van der Waals surface area contributed by atoms with Gasteiger partial charge >= 0.3 is 396 Å². The zero-order valence-corrected chi connectivity index (χ0v) is 54.8. The van der Waals surface area contributed by atoms with Crippen LogP contribution in [0.5, 0.6) is 6.01 Å². The van der Waals surface area contributed by atoms with Crippen molar-refractivity contribution in [2.75, 3.05) is 23.9 Å². The fraction of sp³-hybridized carbons (Fsp3) is 0.321. The minimum atomic E-state index is -3.83. The third-order valence-electron chi connectivity index (χ3n) is 10.6. The van der Waals surface area contributed by atoms with E-state index < -0.39 is 149 Å². The third-order valence-corrected chi connectivity index (χ3v) is 20.6. The Morgan fingerprint density at radius 1 is 0.675 bits per heavy atom. The number of nitrogens with one attached hydrogen (secondary N) is 1. The molecule has 0 spiro atoms. The maximum absolute atomic E-state index is 15.5. The number of benzene rings is 4. The molecule has 428 valence electrons. The summed E-state index contributed by atoms with van der Waals surface area (Å²) in [5, 5.41) is -1.64. The summed E-state index contributed by atoms with van der Waals surface area (Å²) < 4.78 is 97.6. The van der Waals surface area contributed by atoms with Crippen LogP contribution in [0.3, 0.4) is 0 Å². The van der Waals surface area contributed by atoms with Gasteiger partial charge in [-0.3, -0.25) is 0 Å². The van der Waals surface area contributed by atoms with Gasteiger partial charge in [0, 0.05) is 6.20 Å². The van der Waals surface area contributed by atoms with Crippen LogP contribution >= 0.6 is 15.9 Å². The second-order valence-corrected chi connectivity index (χ2v) is 38.9. The number of nitrogens with zero attached hydrogens (tertiary/aromatic N) is 4. The molecule has 0 amide bonds. The van der Waals surface area contributed by atoms with Gasteiger partial charge in [0.05, 0.1) is 0 Å². The molecule has 0 unspecified atom stereocenters. The first-order chi connectivity index (χ1) is 37.3. The number of hydrogen-bond donors (Lipinski definition) is 2. The number of carbonyl (C=O) groups is 4. The van der Waals surface area contributed by atoms with Gasteiger partial charge in [0.2, 0.25) is 8.32 Å². The fourth-order valence-corrected chi connectivity index (χ4v) is 15.3. The van der Waals surface area contributed by atoms with E-state index in [0.29, 0.717) is 10.6 Å². The van der Waals surface area contributed by atoms with Crippen LogP contribution in [0.4, 0.5) is 38.8 Å². The van der Waals surface area contributed by atoms with Crippen molar-refractivity contribution >= 4 is 116 Å². The molecule has 3 N–H and O–H groups in total. The molecule has 0 radical (unpaired) electrons. The van der Waals surface area contributed by atoms with Gasteiger partial charge in [0.1, 0.15) is 14.1 Å². The van der Waals surface area contributed by atoms with E-state index in [4.69, 9.17) is 38.6 Å². The molecule has 80 heavy (non-hydrogen) atoms. The molecule has 2 aliphatic heterocycles. The first-order valence-corrected chi connectivity index (χ1v) is 39.7. The summed E-state index contributed by atoms with van der Waals surface area (Å²) in [6, 6.07) is 37.3. The molecule has 0 aliphatic carbocycles. The molecular formula is C53H61Bi2BrF4N6O12Si2. The number of aromatic nitrogens is 4. The Morgan fingerprint density at radius 3 is 1.57 bits per heavy atom. The standard InChI is InChI=1S/C17H14F2N3O6.C13H10BrF2O5.C10H21N3OSi2.2C6H5.CH4.2Bi.2H/c18-17(19)13(27-9-23)11(8-26-14(24)10-4-2-1-3-5-10)28-15(17)22-7-6-12(20)21-16(22)25;14-12-13(15,16)10(20-7-17)9(21-12)6-19-11(18)8-4-2-1-3-5-8;1-15(2,3)13-9-7-8-11-10(12-9)14-16(4,5)6;2*1-2-4-6-5-3-1;;;;;/h1-7,11,13,15H,8H2,(H2,20,21,25);1-5,9-10,12H,6H2;7-8H,1-6H3,(H,11,12,13);2*1-5H;1H4;;;;/t11-,13+,15-;9-,10+,12+;;;;;;;;/m11......../s1. The number of halogens is 5. The molecule has 2 saturated heterocycles. The molecule has 0 saturated carbocycles. The van der Waals surface area contributed by atoms with E-state index in [2.05, 4.69) is 75.1 Å². The average molecular weight is 1600 g/mol. The number of rotatable bonds is 17. The number of carbonyl (C=O) groups excluding carboxylic acids is 4. The maximum atomic E-state index is 15.5. The zero-order chi connectivity index (χ0) is 57.5. The average Bonchev–Trinajstić information content (AvgIpc) is 4.01. The SMILES string of the molecule is C.C[Si](C)(C)Nc1ccnc(O[Si](C)(C)C)n1.Nc1ccn([C@@H]2O[C@H](COC(=O)c3ccccc3)[C@H](O[C](=O)[BiH][c]3ccccc3)C2(F)F)c(=O)n1.O=[C](O[C@H]1[C@@H](COC(=O)c2ccccc2)O[C@H](Br)C1(F)F)[BiH][c]1ccccc1. The first kappa shape index (κ1) is 65.3. The van der Waals surface area contributed by atoms with E-state index >= 15 is 8.78 Å². The summed E-state index contributed by atoms with van der Waals surface area (Å²) in [6.07, 6.45) is -6.11. The van der Waals surface area contributed by atoms with E-state index in [1.807, 2.05) is 12.1 Å². The van der Waals surface area contributed by atoms with Crippen molar-refractivity contribution in [1.82, 2.24) is 19.5 Å². The predicted octanol–water partition coefficient (Wildman–Crippen LogP) is 7.92. The topological polar surface area (TPSA) is 232 Å². The summed E-state index contributed by atoms with van der Waals surface area (Å²) in [5.41, 5.74) is 4.88. The van der Waals surface area contributed by atoms with E-state index in [1.165, 1.54) is 12.1 Å². The van der Waals surface area contributed by atoms with E-state index in [-0.39, 0.29) is 24.4 Å². The van der Waals surface area contributed by atoms with Gasteiger partial charge in [-0.05, 0) is 25.7 Å². The molecule has 8 rings (SSSR count). The second kappa shape index (κ2) is 29.4. The first-order valence-electron chi connectivity index (χ1n) is 24.1. The Bertz CT molecular complexity index is 3020. The van der Waals surface area contributed by atoms with Crippen LogP contribution in [0.15, 0.2) is 151 Å². The molecule has 6 atom stereocenters. The number of alkyl halides is 5. The monoisotopic (exact) mass is 1600 g/mol. The molecule has 4 aromatic carbocycles. The Balaban J connectivity index is 0.000000234. The Morgan fingerprint density at radius 2 is 1.12 bits per heavy atom. The summed E-state index contributed by atoms with van der Waals surface area (Å²) in [5.74, 6) is -8.00. The van der Waals surface area contributed by atoms with Crippen LogP contribution < -0.4 is 27.4 Å². The zero-order valence-electron chi connectivity index (χ0n) is 43.4. The van der Waals surface area contributed by atoms with Gasteiger partial charge in [-0.15, -0.1) is 0 Å². The van der Waals surface area contributed by atoms with Crippen LogP contribution in [0.1, 0.15) is 34.4 Å². The predicted molar refractivity (Wildman–Crippen MR) is 304 cm³/mol. The molecule has 2 aliphatic rings. The van der Waals surface area contributed by atoms with Gasteiger partial charge in [-0.1, -0.05) is 27.1 Å². The number of nitrogen functional groups attached to an aromatic ring is 1. The van der Waals surface area contributed by atoms with Crippen LogP contribution in [0.2, 0.25) is 39.3 Å². The van der Waals surface area contributed by atoms with Gasteiger partial charge in [0.25, 0.3) is 0 Å². The van der Waals surface area contributed by atoms with Crippen molar-refractivity contribution in [1.29, 1.82) is 0 Å². The van der Waals surface area contributed by atoms with Crippen LogP contribution in [-0.4, -0.2) is 156 Å². The fourth-order valence-electron chi connectivity index (χ4n) is 7.14. The van der Waals surface area contributed by atoms with Crippen LogP contribution in [-0.2, 0) is 28.4 Å². The molecule has 2 aromatic heterocycles. The number of ether oxygens (including phenoxy) is 6. The van der Waals surface area contributed by atoms with Crippen molar-refractivity contribution in [3.05, 3.63) is 167 Å². The van der Waals surface area contributed by atoms with Gasteiger partial charge < -0.3 is 9.41 Å². The van der Waals surface area contributed by atoms with Crippen molar-refractivity contribution in [3.63, 3.8) is 0 Å². The van der Waals surface area contributed by atoms with Crippen LogP contribution in [0, 0.1) is 0 Å². The molecule has 6 aromatic rings. The number of hydrogen-bond acceptors (Lipinski definition) is 17. The molecule has 4 heterocycles. The summed E-state index contributed by atoms with van der Waals surface area (Å²) in [4.78, 5) is 76.8. The Hall–Kier alpha value is -5.56. The Labute approximate surface area is 493 Å². The summed E-state index contributed by atoms with van der Waals surface area (Å²) in [7, 11) is -2.99. The van der Waals surface area contributed by atoms with Crippen molar-refractivity contribution in [2.45, 2.75) is 94.2 Å². The number of anilines is 2.